The Morgan fingerprint density at radius 1 is 1.14 bits per heavy atom. The van der Waals surface area contributed by atoms with Crippen LogP contribution in [-0.4, -0.2) is 16.7 Å². The van der Waals surface area contributed by atoms with Gasteiger partial charge in [-0.15, -0.1) is 0 Å². The summed E-state index contributed by atoms with van der Waals surface area (Å²) in [4.78, 5) is 22.9. The van der Waals surface area contributed by atoms with E-state index in [1.165, 1.54) is 24.3 Å². The molecule has 0 spiro atoms. The zero-order chi connectivity index (χ0) is 10.3. The molecule has 0 aromatic heterocycles. The molecule has 4 heteroatoms. The van der Waals surface area contributed by atoms with E-state index in [1.54, 1.807) is 0 Å². The van der Waals surface area contributed by atoms with Crippen molar-refractivity contribution in [2.45, 2.75) is 0 Å². The molecule has 1 aliphatic carbocycles. The number of Topliss-reactive ketones (excluding diaryl/α,β-unsaturated/α-hetero) is 1. The molecule has 0 bridgehead atoms. The largest absolute Gasteiger partial charge is 0.508 e. The summed E-state index contributed by atoms with van der Waals surface area (Å²) in [6.45, 7) is 0. The van der Waals surface area contributed by atoms with E-state index in [0.29, 0.717) is 5.56 Å². The van der Waals surface area contributed by atoms with Gasteiger partial charge in [0.05, 0.1) is 4.48 Å². The Labute approximate surface area is 88.2 Å². The number of phenolic OH excluding ortho intramolecular Hbond substituents is 1. The molecule has 2 rings (SSSR count). The summed E-state index contributed by atoms with van der Waals surface area (Å²) in [7, 11) is 0. The van der Waals surface area contributed by atoms with Crippen LogP contribution in [0.15, 0.2) is 28.8 Å². The molecule has 0 atom stereocenters. The minimum Gasteiger partial charge on any atom is -0.508 e. The van der Waals surface area contributed by atoms with Crippen LogP contribution in [0.3, 0.4) is 0 Å². The molecule has 70 valence electrons. The topological polar surface area (TPSA) is 54.4 Å². The fourth-order valence-corrected chi connectivity index (χ4v) is 1.74. The number of ketones is 2. The number of carbonyl (C=O) groups excluding carboxylic acids is 2. The van der Waals surface area contributed by atoms with Crippen molar-refractivity contribution >= 4 is 27.5 Å². The average molecular weight is 253 g/mol. The Hall–Kier alpha value is -1.42. The van der Waals surface area contributed by atoms with Crippen LogP contribution >= 0.6 is 15.9 Å². The van der Waals surface area contributed by atoms with Crippen LogP contribution in [0.5, 0.6) is 5.75 Å². The summed E-state index contributed by atoms with van der Waals surface area (Å²) in [5.74, 6) is -0.529. The summed E-state index contributed by atoms with van der Waals surface area (Å²) < 4.78 is 0.251. The van der Waals surface area contributed by atoms with Crippen molar-refractivity contribution in [3.05, 3.63) is 39.9 Å². The first-order valence-electron chi connectivity index (χ1n) is 3.89. The summed E-state index contributed by atoms with van der Waals surface area (Å²) in [6.07, 6.45) is 1.21. The van der Waals surface area contributed by atoms with Crippen molar-refractivity contribution in [2.24, 2.45) is 0 Å². The highest BCUT2D eigenvalue weighted by atomic mass is 79.9. The van der Waals surface area contributed by atoms with Gasteiger partial charge in [-0.25, -0.2) is 0 Å². The average Bonchev–Trinajstić information content (AvgIpc) is 2.14. The first-order chi connectivity index (χ1) is 6.59. The van der Waals surface area contributed by atoms with E-state index in [9.17, 15) is 9.59 Å². The predicted octanol–water partition coefficient (Wildman–Crippen LogP) is 2.05. The second-order valence-corrected chi connectivity index (χ2v) is 3.77. The third-order valence-electron chi connectivity index (χ3n) is 1.99. The van der Waals surface area contributed by atoms with Crippen molar-refractivity contribution < 1.29 is 14.7 Å². The van der Waals surface area contributed by atoms with Gasteiger partial charge in [-0.05, 0) is 34.1 Å². The van der Waals surface area contributed by atoms with E-state index in [2.05, 4.69) is 15.9 Å². The molecule has 14 heavy (non-hydrogen) atoms. The number of benzene rings is 1. The summed E-state index contributed by atoms with van der Waals surface area (Å²) >= 11 is 3.01. The molecule has 0 unspecified atom stereocenters. The van der Waals surface area contributed by atoms with Gasteiger partial charge in [0.2, 0.25) is 5.78 Å². The van der Waals surface area contributed by atoms with Gasteiger partial charge in [-0.3, -0.25) is 9.59 Å². The molecule has 0 aliphatic heterocycles. The lowest BCUT2D eigenvalue weighted by Crippen LogP contribution is -2.13. The van der Waals surface area contributed by atoms with Crippen molar-refractivity contribution in [1.29, 1.82) is 0 Å². The first kappa shape index (κ1) is 9.15. The highest BCUT2D eigenvalue weighted by Gasteiger charge is 2.24. The maximum atomic E-state index is 11.5. The van der Waals surface area contributed by atoms with Gasteiger partial charge in [-0.2, -0.15) is 0 Å². The molecule has 0 saturated heterocycles. The lowest BCUT2D eigenvalue weighted by Gasteiger charge is -2.10. The Bertz CT molecular complexity index is 474. The minimum atomic E-state index is -0.276. The fourth-order valence-electron chi connectivity index (χ4n) is 1.32. The van der Waals surface area contributed by atoms with Crippen molar-refractivity contribution in [3.8, 4) is 5.75 Å². The van der Waals surface area contributed by atoms with E-state index < -0.39 is 0 Å². The van der Waals surface area contributed by atoms with Gasteiger partial charge in [-0.1, -0.05) is 0 Å². The van der Waals surface area contributed by atoms with E-state index >= 15 is 0 Å². The third-order valence-corrected chi connectivity index (χ3v) is 2.58. The van der Waals surface area contributed by atoms with E-state index in [1.807, 2.05) is 0 Å². The van der Waals surface area contributed by atoms with Gasteiger partial charge in [0.1, 0.15) is 5.75 Å². The minimum absolute atomic E-state index is 0.0173. The lowest BCUT2D eigenvalue weighted by molar-refractivity contribution is 0.0991. The Balaban J connectivity index is 2.69. The number of hydrogen-bond acceptors (Lipinski definition) is 3. The number of carbonyl (C=O) groups is 2. The van der Waals surface area contributed by atoms with Crippen LogP contribution in [0.2, 0.25) is 0 Å². The maximum absolute atomic E-state index is 11.5. The Morgan fingerprint density at radius 3 is 2.57 bits per heavy atom. The highest BCUT2D eigenvalue weighted by molar-refractivity contribution is 9.12. The quantitative estimate of drug-likeness (QED) is 0.769. The third kappa shape index (κ3) is 1.28. The molecule has 3 nitrogen and oxygen atoms in total. The molecule has 0 radical (unpaired) electrons. The molecule has 0 heterocycles. The van der Waals surface area contributed by atoms with E-state index in [0.717, 1.165) is 0 Å². The number of allylic oxidation sites excluding steroid dienone is 2. The van der Waals surface area contributed by atoms with Gasteiger partial charge < -0.3 is 5.11 Å². The molecule has 1 N–H and O–H groups in total. The molecule has 1 aromatic carbocycles. The first-order valence-corrected chi connectivity index (χ1v) is 4.68. The SMILES string of the molecule is O=C1C=C(Br)C(=O)c2ccc(O)cc21. The van der Waals surface area contributed by atoms with E-state index in [4.69, 9.17) is 5.11 Å². The standard InChI is InChI=1S/C10H5BrO3/c11-8-4-9(13)7-3-5(12)1-2-6(7)10(8)14/h1-4,12H. The van der Waals surface area contributed by atoms with Gasteiger partial charge in [0.25, 0.3) is 0 Å². The Kier molecular flexibility index (Phi) is 2.00. The summed E-state index contributed by atoms with van der Waals surface area (Å²) in [5.41, 5.74) is 0.570. The predicted molar refractivity (Wildman–Crippen MR) is 53.8 cm³/mol. The normalized spacial score (nSPS) is 15.1. The molecule has 1 aliphatic rings. The number of hydrogen-bond donors (Lipinski definition) is 1. The molecule has 0 saturated carbocycles. The van der Waals surface area contributed by atoms with Crippen LogP contribution in [0.1, 0.15) is 20.7 Å². The number of rotatable bonds is 0. The number of halogens is 1. The van der Waals surface area contributed by atoms with Crippen molar-refractivity contribution in [1.82, 2.24) is 0 Å². The van der Waals surface area contributed by atoms with Crippen LogP contribution in [0, 0.1) is 0 Å². The number of phenols is 1. The van der Waals surface area contributed by atoms with Crippen LogP contribution in [0.25, 0.3) is 0 Å². The van der Waals surface area contributed by atoms with Gasteiger partial charge in [0, 0.05) is 17.2 Å². The Morgan fingerprint density at radius 2 is 1.86 bits per heavy atom. The molecular weight excluding hydrogens is 248 g/mol. The van der Waals surface area contributed by atoms with Crippen LogP contribution < -0.4 is 0 Å². The van der Waals surface area contributed by atoms with Crippen molar-refractivity contribution in [2.75, 3.05) is 0 Å². The van der Waals surface area contributed by atoms with Crippen LogP contribution in [-0.2, 0) is 0 Å². The number of fused-ring (bicyclic) bond motifs is 1. The summed E-state index contributed by atoms with van der Waals surface area (Å²) in [6, 6.07) is 4.13. The number of aromatic hydroxyl groups is 1. The van der Waals surface area contributed by atoms with E-state index in [-0.39, 0.29) is 27.4 Å². The smallest absolute Gasteiger partial charge is 0.200 e. The molecule has 0 fully saturated rings. The molecule has 1 aromatic rings. The molecule has 0 amide bonds. The second-order valence-electron chi connectivity index (χ2n) is 2.92. The monoisotopic (exact) mass is 252 g/mol. The van der Waals surface area contributed by atoms with Crippen LogP contribution in [0.4, 0.5) is 0 Å². The second kappa shape index (κ2) is 3.06. The summed E-state index contributed by atoms with van der Waals surface area (Å²) in [5, 5.41) is 9.16. The van der Waals surface area contributed by atoms with Gasteiger partial charge >= 0.3 is 0 Å². The zero-order valence-electron chi connectivity index (χ0n) is 6.95. The van der Waals surface area contributed by atoms with Gasteiger partial charge in [0.15, 0.2) is 5.78 Å². The zero-order valence-corrected chi connectivity index (χ0v) is 8.54. The lowest BCUT2D eigenvalue weighted by atomic mass is 9.95. The maximum Gasteiger partial charge on any atom is 0.200 e. The van der Waals surface area contributed by atoms with Crippen molar-refractivity contribution in [3.63, 3.8) is 0 Å². The molecular formula is C10H5BrO3. The highest BCUT2D eigenvalue weighted by Crippen LogP contribution is 2.26. The fraction of sp³-hybridized carbons (Fsp3) is 0.